The van der Waals surface area contributed by atoms with Crippen molar-refractivity contribution in [3.05, 3.63) is 29.8 Å². The maximum atomic E-state index is 5.98. The van der Waals surface area contributed by atoms with E-state index in [1.165, 1.54) is 12.8 Å². The van der Waals surface area contributed by atoms with E-state index in [0.717, 1.165) is 15.6 Å². The SMILES string of the molecule is CC(N)c1ccccc1Sc1nnnn1C1CC1. The summed E-state index contributed by atoms with van der Waals surface area (Å²) in [4.78, 5) is 1.13. The average molecular weight is 261 g/mol. The van der Waals surface area contributed by atoms with Gasteiger partial charge >= 0.3 is 0 Å². The van der Waals surface area contributed by atoms with Gasteiger partial charge in [-0.1, -0.05) is 18.2 Å². The molecule has 1 fully saturated rings. The van der Waals surface area contributed by atoms with Gasteiger partial charge in [0.2, 0.25) is 5.16 Å². The van der Waals surface area contributed by atoms with Gasteiger partial charge in [-0.05, 0) is 53.6 Å². The molecular formula is C12H15N5S. The maximum Gasteiger partial charge on any atom is 0.214 e. The van der Waals surface area contributed by atoms with Crippen molar-refractivity contribution in [3.8, 4) is 0 Å². The summed E-state index contributed by atoms with van der Waals surface area (Å²) in [5.74, 6) is 0. The number of nitrogens with two attached hydrogens (primary N) is 1. The summed E-state index contributed by atoms with van der Waals surface area (Å²) in [5.41, 5.74) is 7.11. The fourth-order valence-corrected chi connectivity index (χ4v) is 2.92. The van der Waals surface area contributed by atoms with Crippen molar-refractivity contribution >= 4 is 11.8 Å². The Morgan fingerprint density at radius 1 is 1.39 bits per heavy atom. The second-order valence-electron chi connectivity index (χ2n) is 4.57. The summed E-state index contributed by atoms with van der Waals surface area (Å²) in [6, 6.07) is 8.64. The number of rotatable bonds is 4. The highest BCUT2D eigenvalue weighted by atomic mass is 32.2. The third-order valence-electron chi connectivity index (χ3n) is 2.97. The van der Waals surface area contributed by atoms with Gasteiger partial charge in [0, 0.05) is 10.9 Å². The number of aromatic nitrogens is 4. The van der Waals surface area contributed by atoms with Crippen LogP contribution in [0.1, 0.15) is 37.4 Å². The molecule has 18 heavy (non-hydrogen) atoms. The van der Waals surface area contributed by atoms with E-state index in [9.17, 15) is 0 Å². The van der Waals surface area contributed by atoms with E-state index < -0.39 is 0 Å². The minimum absolute atomic E-state index is 0.0129. The Labute approximate surface area is 110 Å². The van der Waals surface area contributed by atoms with Crippen LogP contribution in [0.25, 0.3) is 0 Å². The standard InChI is InChI=1S/C12H15N5S/c1-8(13)10-4-2-3-5-11(10)18-12-14-15-16-17(12)9-6-7-9/h2-5,8-9H,6-7,13H2,1H3. The number of hydrogen-bond acceptors (Lipinski definition) is 5. The minimum atomic E-state index is 0.0129. The maximum absolute atomic E-state index is 5.98. The first kappa shape index (κ1) is 11.7. The molecule has 1 atom stereocenters. The van der Waals surface area contributed by atoms with Crippen LogP contribution in [0.4, 0.5) is 0 Å². The lowest BCUT2D eigenvalue weighted by Gasteiger charge is -2.11. The Balaban J connectivity index is 1.89. The summed E-state index contributed by atoms with van der Waals surface area (Å²) in [7, 11) is 0. The number of nitrogens with zero attached hydrogens (tertiary/aromatic N) is 4. The van der Waals surface area contributed by atoms with Crippen molar-refractivity contribution in [2.24, 2.45) is 5.73 Å². The largest absolute Gasteiger partial charge is 0.324 e. The third kappa shape index (κ3) is 2.26. The smallest absolute Gasteiger partial charge is 0.214 e. The van der Waals surface area contributed by atoms with E-state index in [4.69, 9.17) is 5.73 Å². The molecule has 1 unspecified atom stereocenters. The Bertz CT molecular complexity index is 547. The molecule has 0 amide bonds. The minimum Gasteiger partial charge on any atom is -0.324 e. The molecule has 0 spiro atoms. The molecule has 94 valence electrons. The molecule has 1 heterocycles. The van der Waals surface area contributed by atoms with Crippen molar-refractivity contribution in [1.82, 2.24) is 20.2 Å². The molecule has 0 radical (unpaired) electrons. The van der Waals surface area contributed by atoms with Crippen molar-refractivity contribution < 1.29 is 0 Å². The highest BCUT2D eigenvalue weighted by Crippen LogP contribution is 2.39. The topological polar surface area (TPSA) is 69.6 Å². The van der Waals surface area contributed by atoms with Crippen LogP contribution < -0.4 is 5.73 Å². The fourth-order valence-electron chi connectivity index (χ4n) is 1.85. The van der Waals surface area contributed by atoms with Gasteiger partial charge in [0.25, 0.3) is 0 Å². The molecular weight excluding hydrogens is 246 g/mol. The molecule has 1 aliphatic carbocycles. The monoisotopic (exact) mass is 261 g/mol. The molecule has 0 bridgehead atoms. The number of benzene rings is 1. The van der Waals surface area contributed by atoms with Crippen LogP contribution in [0.15, 0.2) is 34.3 Å². The van der Waals surface area contributed by atoms with E-state index in [1.807, 2.05) is 23.7 Å². The van der Waals surface area contributed by atoms with Gasteiger partial charge < -0.3 is 5.73 Å². The molecule has 0 saturated heterocycles. The Hall–Kier alpha value is -1.40. The second-order valence-corrected chi connectivity index (χ2v) is 5.57. The first-order chi connectivity index (χ1) is 8.75. The number of tetrazole rings is 1. The normalized spacial score (nSPS) is 16.8. The van der Waals surface area contributed by atoms with Gasteiger partial charge in [0.05, 0.1) is 6.04 Å². The second kappa shape index (κ2) is 4.70. The van der Waals surface area contributed by atoms with Gasteiger partial charge in [0.1, 0.15) is 0 Å². The summed E-state index contributed by atoms with van der Waals surface area (Å²) < 4.78 is 1.92. The van der Waals surface area contributed by atoms with Gasteiger partial charge in [-0.2, -0.15) is 0 Å². The summed E-state index contributed by atoms with van der Waals surface area (Å²) in [6.45, 7) is 1.99. The fraction of sp³-hybridized carbons (Fsp3) is 0.417. The molecule has 3 rings (SSSR count). The van der Waals surface area contributed by atoms with Crippen LogP contribution in [0.2, 0.25) is 0 Å². The molecule has 5 nitrogen and oxygen atoms in total. The quantitative estimate of drug-likeness (QED) is 0.913. The molecule has 0 aliphatic heterocycles. The van der Waals surface area contributed by atoms with Gasteiger partial charge in [0.15, 0.2) is 0 Å². The molecule has 1 saturated carbocycles. The van der Waals surface area contributed by atoms with Gasteiger partial charge in [-0.3, -0.25) is 0 Å². The third-order valence-corrected chi connectivity index (χ3v) is 4.01. The lowest BCUT2D eigenvalue weighted by molar-refractivity contribution is 0.565. The summed E-state index contributed by atoms with van der Waals surface area (Å²) in [6.07, 6.45) is 2.35. The van der Waals surface area contributed by atoms with E-state index in [1.54, 1.807) is 11.8 Å². The van der Waals surface area contributed by atoms with Gasteiger partial charge in [-0.15, -0.1) is 5.10 Å². The zero-order valence-electron chi connectivity index (χ0n) is 10.2. The van der Waals surface area contributed by atoms with Crippen LogP contribution in [-0.2, 0) is 0 Å². The summed E-state index contributed by atoms with van der Waals surface area (Å²) >= 11 is 1.59. The van der Waals surface area contributed by atoms with Crippen LogP contribution in [0.5, 0.6) is 0 Å². The van der Waals surface area contributed by atoms with Gasteiger partial charge in [-0.25, -0.2) is 4.68 Å². The van der Waals surface area contributed by atoms with Crippen LogP contribution >= 0.6 is 11.8 Å². The predicted molar refractivity (Wildman–Crippen MR) is 69.3 cm³/mol. The number of hydrogen-bond donors (Lipinski definition) is 1. The average Bonchev–Trinajstić information content (AvgIpc) is 3.11. The van der Waals surface area contributed by atoms with E-state index in [-0.39, 0.29) is 6.04 Å². The lowest BCUT2D eigenvalue weighted by atomic mass is 10.1. The Morgan fingerprint density at radius 3 is 2.89 bits per heavy atom. The zero-order chi connectivity index (χ0) is 12.5. The van der Waals surface area contributed by atoms with Crippen LogP contribution in [0, 0.1) is 0 Å². The molecule has 1 aromatic heterocycles. The molecule has 6 heteroatoms. The molecule has 2 N–H and O–H groups in total. The van der Waals surface area contributed by atoms with Crippen molar-refractivity contribution in [2.45, 2.75) is 41.9 Å². The first-order valence-electron chi connectivity index (χ1n) is 6.06. The Kier molecular flexibility index (Phi) is 3.05. The van der Waals surface area contributed by atoms with Crippen molar-refractivity contribution in [2.75, 3.05) is 0 Å². The van der Waals surface area contributed by atoms with Crippen LogP contribution in [-0.4, -0.2) is 20.2 Å². The van der Waals surface area contributed by atoms with E-state index >= 15 is 0 Å². The highest BCUT2D eigenvalue weighted by molar-refractivity contribution is 7.99. The Morgan fingerprint density at radius 2 is 2.17 bits per heavy atom. The highest BCUT2D eigenvalue weighted by Gasteiger charge is 2.28. The lowest BCUT2D eigenvalue weighted by Crippen LogP contribution is -2.06. The first-order valence-corrected chi connectivity index (χ1v) is 6.87. The van der Waals surface area contributed by atoms with Crippen molar-refractivity contribution in [3.63, 3.8) is 0 Å². The predicted octanol–water partition coefficient (Wildman–Crippen LogP) is 2.18. The molecule has 2 aromatic rings. The zero-order valence-corrected chi connectivity index (χ0v) is 11.0. The summed E-state index contributed by atoms with van der Waals surface area (Å²) in [5, 5.41) is 12.8. The van der Waals surface area contributed by atoms with E-state index in [2.05, 4.69) is 27.7 Å². The molecule has 1 aromatic carbocycles. The van der Waals surface area contributed by atoms with Crippen LogP contribution in [0.3, 0.4) is 0 Å². The van der Waals surface area contributed by atoms with Crippen molar-refractivity contribution in [1.29, 1.82) is 0 Å². The molecule has 1 aliphatic rings. The van der Waals surface area contributed by atoms with E-state index in [0.29, 0.717) is 6.04 Å².